The lowest BCUT2D eigenvalue weighted by Gasteiger charge is -2.08. The van der Waals surface area contributed by atoms with E-state index in [0.717, 1.165) is 40.1 Å². The molecule has 0 aliphatic carbocycles. The topological polar surface area (TPSA) is 84.2 Å². The SMILES string of the molecule is Cc1c(C)n(Cc2ccccc2)c2ncnc(N/N=C3\C(=O)Nc4ccccc43)c12. The standard InChI is InChI=1S/C23H20N6O/c1-14-15(2)29(12-16-8-4-3-5-9-16)22-19(14)21(24-13-25-22)28-27-20-17-10-6-7-11-18(17)26-23(20)30/h3-11,13H,12H2,1-2H3,(H,24,25,28)(H,26,27,30). The van der Waals surface area contributed by atoms with Gasteiger partial charge in [0.15, 0.2) is 11.5 Å². The molecule has 0 saturated carbocycles. The number of para-hydroxylation sites is 1. The first-order valence-corrected chi connectivity index (χ1v) is 9.72. The Balaban J connectivity index is 1.55. The van der Waals surface area contributed by atoms with Gasteiger partial charge in [-0.15, -0.1) is 0 Å². The summed E-state index contributed by atoms with van der Waals surface area (Å²) in [6.07, 6.45) is 1.52. The molecule has 0 atom stereocenters. The number of rotatable bonds is 4. The molecule has 0 fully saturated rings. The van der Waals surface area contributed by atoms with E-state index in [4.69, 9.17) is 0 Å². The molecule has 0 bridgehead atoms. The average Bonchev–Trinajstić information content (AvgIpc) is 3.22. The first-order chi connectivity index (χ1) is 14.6. The van der Waals surface area contributed by atoms with Gasteiger partial charge in [0.1, 0.15) is 12.0 Å². The number of nitrogens with zero attached hydrogens (tertiary/aromatic N) is 4. The van der Waals surface area contributed by atoms with Gasteiger partial charge < -0.3 is 9.88 Å². The number of hydrogen-bond donors (Lipinski definition) is 2. The molecule has 5 rings (SSSR count). The number of aromatic nitrogens is 3. The van der Waals surface area contributed by atoms with Gasteiger partial charge in [-0.1, -0.05) is 48.5 Å². The second-order valence-corrected chi connectivity index (χ2v) is 7.27. The van der Waals surface area contributed by atoms with E-state index in [2.05, 4.69) is 56.4 Å². The lowest BCUT2D eigenvalue weighted by atomic mass is 10.1. The Hall–Kier alpha value is -4.00. The number of carbonyl (C=O) groups excluding carboxylic acids is 1. The van der Waals surface area contributed by atoms with E-state index in [0.29, 0.717) is 11.5 Å². The fraction of sp³-hybridized carbons (Fsp3) is 0.130. The van der Waals surface area contributed by atoms with Crippen LogP contribution in [0.25, 0.3) is 11.0 Å². The minimum atomic E-state index is -0.233. The second-order valence-electron chi connectivity index (χ2n) is 7.27. The predicted octanol–water partition coefficient (Wildman–Crippen LogP) is 3.86. The minimum absolute atomic E-state index is 0.233. The third kappa shape index (κ3) is 2.91. The molecule has 4 aromatic rings. The van der Waals surface area contributed by atoms with Crippen LogP contribution in [0.4, 0.5) is 11.5 Å². The first kappa shape index (κ1) is 18.1. The van der Waals surface area contributed by atoms with Gasteiger partial charge in [0.25, 0.3) is 5.91 Å². The van der Waals surface area contributed by atoms with Crippen molar-refractivity contribution in [2.24, 2.45) is 5.10 Å². The van der Waals surface area contributed by atoms with Crippen molar-refractivity contribution in [2.75, 3.05) is 10.7 Å². The largest absolute Gasteiger partial charge is 0.325 e. The highest BCUT2D eigenvalue weighted by atomic mass is 16.2. The van der Waals surface area contributed by atoms with E-state index in [9.17, 15) is 4.79 Å². The molecule has 3 heterocycles. The summed E-state index contributed by atoms with van der Waals surface area (Å²) in [4.78, 5) is 21.3. The van der Waals surface area contributed by atoms with Gasteiger partial charge in [0.05, 0.1) is 11.1 Å². The third-order valence-electron chi connectivity index (χ3n) is 5.51. The summed E-state index contributed by atoms with van der Waals surface area (Å²) >= 11 is 0. The predicted molar refractivity (Wildman–Crippen MR) is 118 cm³/mol. The van der Waals surface area contributed by atoms with Crippen LogP contribution < -0.4 is 10.7 Å². The molecule has 2 aromatic heterocycles. The Labute approximate surface area is 173 Å². The fourth-order valence-corrected chi connectivity index (χ4v) is 3.83. The number of hydrogen-bond acceptors (Lipinski definition) is 5. The molecule has 1 aliphatic rings. The lowest BCUT2D eigenvalue weighted by molar-refractivity contribution is -0.110. The van der Waals surface area contributed by atoms with E-state index in [1.54, 1.807) is 0 Å². The van der Waals surface area contributed by atoms with Gasteiger partial charge >= 0.3 is 0 Å². The van der Waals surface area contributed by atoms with Gasteiger partial charge in [0.2, 0.25) is 0 Å². The van der Waals surface area contributed by atoms with Gasteiger partial charge in [-0.3, -0.25) is 10.2 Å². The highest BCUT2D eigenvalue weighted by molar-refractivity contribution is 6.53. The zero-order valence-electron chi connectivity index (χ0n) is 16.7. The molecule has 0 spiro atoms. The Morgan fingerprint density at radius 2 is 1.80 bits per heavy atom. The fourth-order valence-electron chi connectivity index (χ4n) is 3.83. The van der Waals surface area contributed by atoms with Crippen molar-refractivity contribution in [1.82, 2.24) is 14.5 Å². The molecule has 1 amide bonds. The van der Waals surface area contributed by atoms with Crippen LogP contribution in [-0.2, 0) is 11.3 Å². The van der Waals surface area contributed by atoms with Crippen molar-refractivity contribution in [1.29, 1.82) is 0 Å². The molecule has 1 aliphatic heterocycles. The number of amides is 1. The number of hydrazone groups is 1. The number of aryl methyl sites for hydroxylation is 1. The van der Waals surface area contributed by atoms with E-state index < -0.39 is 0 Å². The van der Waals surface area contributed by atoms with Crippen LogP contribution in [0, 0.1) is 13.8 Å². The zero-order valence-corrected chi connectivity index (χ0v) is 16.7. The van der Waals surface area contributed by atoms with Crippen molar-refractivity contribution in [2.45, 2.75) is 20.4 Å². The average molecular weight is 396 g/mol. The van der Waals surface area contributed by atoms with Crippen LogP contribution >= 0.6 is 0 Å². The summed E-state index contributed by atoms with van der Waals surface area (Å²) in [5.74, 6) is 0.348. The third-order valence-corrected chi connectivity index (χ3v) is 5.51. The van der Waals surface area contributed by atoms with Crippen LogP contribution in [0.2, 0.25) is 0 Å². The molecular formula is C23H20N6O. The van der Waals surface area contributed by atoms with E-state index in [-0.39, 0.29) is 5.91 Å². The van der Waals surface area contributed by atoms with Crippen molar-refractivity contribution in [3.8, 4) is 0 Å². The molecule has 7 nitrogen and oxygen atoms in total. The Morgan fingerprint density at radius 3 is 2.63 bits per heavy atom. The van der Waals surface area contributed by atoms with Crippen molar-refractivity contribution < 1.29 is 4.79 Å². The highest BCUT2D eigenvalue weighted by Gasteiger charge is 2.26. The number of benzene rings is 2. The van der Waals surface area contributed by atoms with E-state index in [1.165, 1.54) is 11.9 Å². The van der Waals surface area contributed by atoms with Crippen molar-refractivity contribution in [3.63, 3.8) is 0 Å². The summed E-state index contributed by atoms with van der Waals surface area (Å²) in [5.41, 5.74) is 9.12. The van der Waals surface area contributed by atoms with Gasteiger partial charge in [-0.05, 0) is 31.0 Å². The Kier molecular flexibility index (Phi) is 4.28. The summed E-state index contributed by atoms with van der Waals surface area (Å²) in [7, 11) is 0. The first-order valence-electron chi connectivity index (χ1n) is 9.72. The van der Waals surface area contributed by atoms with Gasteiger partial charge in [-0.25, -0.2) is 9.97 Å². The van der Waals surface area contributed by atoms with Crippen LogP contribution in [0.5, 0.6) is 0 Å². The molecular weight excluding hydrogens is 376 g/mol. The zero-order chi connectivity index (χ0) is 20.7. The summed E-state index contributed by atoms with van der Waals surface area (Å²) in [6.45, 7) is 4.85. The van der Waals surface area contributed by atoms with Gasteiger partial charge in [-0.2, -0.15) is 5.10 Å². The number of nitrogens with one attached hydrogen (secondary N) is 2. The summed E-state index contributed by atoms with van der Waals surface area (Å²) in [6, 6.07) is 17.8. The molecule has 0 unspecified atom stereocenters. The summed E-state index contributed by atoms with van der Waals surface area (Å²) in [5, 5.41) is 8.12. The number of fused-ring (bicyclic) bond motifs is 2. The molecule has 0 radical (unpaired) electrons. The number of carbonyl (C=O) groups is 1. The second kappa shape index (κ2) is 7.11. The maximum Gasteiger partial charge on any atom is 0.276 e. The quantitative estimate of drug-likeness (QED) is 0.513. The molecule has 7 heteroatoms. The number of anilines is 2. The Bertz CT molecular complexity index is 1310. The highest BCUT2D eigenvalue weighted by Crippen LogP contribution is 2.30. The van der Waals surface area contributed by atoms with Crippen molar-refractivity contribution >= 4 is 34.2 Å². The van der Waals surface area contributed by atoms with Crippen LogP contribution in [-0.4, -0.2) is 26.2 Å². The van der Waals surface area contributed by atoms with E-state index >= 15 is 0 Å². The molecule has 2 aromatic carbocycles. The Morgan fingerprint density at radius 1 is 1.03 bits per heavy atom. The van der Waals surface area contributed by atoms with Crippen LogP contribution in [0.15, 0.2) is 66.0 Å². The minimum Gasteiger partial charge on any atom is -0.325 e. The van der Waals surface area contributed by atoms with Crippen molar-refractivity contribution in [3.05, 3.63) is 83.3 Å². The van der Waals surface area contributed by atoms with Crippen LogP contribution in [0.3, 0.4) is 0 Å². The molecule has 0 saturated heterocycles. The van der Waals surface area contributed by atoms with E-state index in [1.807, 2.05) is 42.5 Å². The normalized spacial score (nSPS) is 14.2. The van der Waals surface area contributed by atoms with Gasteiger partial charge in [0, 0.05) is 17.8 Å². The maximum absolute atomic E-state index is 12.3. The maximum atomic E-state index is 12.3. The molecule has 2 N–H and O–H groups in total. The molecule has 30 heavy (non-hydrogen) atoms. The van der Waals surface area contributed by atoms with Crippen LogP contribution in [0.1, 0.15) is 22.4 Å². The smallest absolute Gasteiger partial charge is 0.276 e. The lowest BCUT2D eigenvalue weighted by Crippen LogP contribution is -2.16. The monoisotopic (exact) mass is 396 g/mol. The summed E-state index contributed by atoms with van der Waals surface area (Å²) < 4.78 is 2.18. The molecule has 148 valence electrons.